The number of nitrogens with zero attached hydrogens (tertiary/aromatic N) is 2. The second-order valence-electron chi connectivity index (χ2n) is 4.40. The molecule has 0 saturated carbocycles. The summed E-state index contributed by atoms with van der Waals surface area (Å²) in [7, 11) is 0. The Kier molecular flexibility index (Phi) is 2.84. The van der Waals surface area contributed by atoms with Crippen molar-refractivity contribution in [3.8, 4) is 5.69 Å². The number of aldehydes is 1. The Morgan fingerprint density at radius 2 is 1.88 bits per heavy atom. The highest BCUT2D eigenvalue weighted by Gasteiger charge is 2.12. The molecule has 2 rings (SSSR count). The number of carbonyl (C=O) groups excluding carboxylic acids is 1. The van der Waals surface area contributed by atoms with Gasteiger partial charge in [0.15, 0.2) is 6.29 Å². The van der Waals surface area contributed by atoms with E-state index in [-0.39, 0.29) is 0 Å². The number of rotatable bonds is 2. The molecule has 1 aromatic carbocycles. The van der Waals surface area contributed by atoms with E-state index < -0.39 is 0 Å². The molecule has 0 saturated heterocycles. The molecule has 0 fully saturated rings. The number of aryl methyl sites for hydroxylation is 3. The maximum absolute atomic E-state index is 11.0. The number of aromatic nitrogens is 2. The van der Waals surface area contributed by atoms with Crippen molar-refractivity contribution in [2.75, 3.05) is 0 Å². The Morgan fingerprint density at radius 3 is 2.41 bits per heavy atom. The third-order valence-electron chi connectivity index (χ3n) is 3.05. The van der Waals surface area contributed by atoms with E-state index in [2.05, 4.69) is 31.1 Å². The van der Waals surface area contributed by atoms with Gasteiger partial charge in [-0.1, -0.05) is 17.7 Å². The fourth-order valence-corrected chi connectivity index (χ4v) is 2.10. The minimum atomic E-state index is 0.685. The van der Waals surface area contributed by atoms with Crippen molar-refractivity contribution < 1.29 is 4.79 Å². The third kappa shape index (κ3) is 1.88. The van der Waals surface area contributed by atoms with Crippen molar-refractivity contribution in [3.05, 3.63) is 46.3 Å². The van der Waals surface area contributed by atoms with Crippen LogP contribution in [0.15, 0.2) is 18.2 Å². The molecule has 3 heteroatoms. The van der Waals surface area contributed by atoms with Crippen molar-refractivity contribution in [3.63, 3.8) is 0 Å². The summed E-state index contributed by atoms with van der Waals surface area (Å²) in [6.07, 6.45) is 0.873. The Hall–Kier alpha value is -1.90. The van der Waals surface area contributed by atoms with Gasteiger partial charge in [-0.2, -0.15) is 5.10 Å². The molecular formula is C14H16N2O. The Labute approximate surface area is 101 Å². The van der Waals surface area contributed by atoms with Gasteiger partial charge in [-0.05, 0) is 39.3 Å². The first-order valence-electron chi connectivity index (χ1n) is 5.63. The maximum Gasteiger partial charge on any atom is 0.153 e. The van der Waals surface area contributed by atoms with Crippen LogP contribution in [0.2, 0.25) is 0 Å². The lowest BCUT2D eigenvalue weighted by atomic mass is 10.1. The first-order chi connectivity index (χ1) is 8.04. The molecule has 3 nitrogen and oxygen atoms in total. The zero-order valence-corrected chi connectivity index (χ0v) is 10.6. The van der Waals surface area contributed by atoms with Gasteiger partial charge in [0.25, 0.3) is 0 Å². The predicted molar refractivity (Wildman–Crippen MR) is 67.9 cm³/mol. The largest absolute Gasteiger partial charge is 0.298 e. The molecule has 1 heterocycles. The normalized spacial score (nSPS) is 10.6. The molecule has 0 atom stereocenters. The average Bonchev–Trinajstić information content (AvgIpc) is 2.54. The summed E-state index contributed by atoms with van der Waals surface area (Å²) < 4.78 is 1.84. The Balaban J connectivity index is 2.65. The molecule has 0 bridgehead atoms. The van der Waals surface area contributed by atoms with Crippen molar-refractivity contribution in [1.82, 2.24) is 9.78 Å². The Bertz CT molecular complexity index is 582. The van der Waals surface area contributed by atoms with Crippen LogP contribution in [-0.2, 0) is 0 Å². The molecule has 0 spiro atoms. The first-order valence-corrected chi connectivity index (χ1v) is 5.63. The van der Waals surface area contributed by atoms with E-state index in [0.717, 1.165) is 28.9 Å². The minimum Gasteiger partial charge on any atom is -0.298 e. The summed E-state index contributed by atoms with van der Waals surface area (Å²) in [6.45, 7) is 7.90. The summed E-state index contributed by atoms with van der Waals surface area (Å²) in [5.41, 5.74) is 5.77. The van der Waals surface area contributed by atoms with Gasteiger partial charge in [-0.15, -0.1) is 0 Å². The monoisotopic (exact) mass is 228 g/mol. The van der Waals surface area contributed by atoms with Gasteiger partial charge in [-0.3, -0.25) is 4.79 Å². The molecule has 0 aliphatic carbocycles. The fraction of sp³-hybridized carbons (Fsp3) is 0.286. The fourth-order valence-electron chi connectivity index (χ4n) is 2.10. The highest BCUT2D eigenvalue weighted by atomic mass is 16.1. The number of hydrogen-bond donors (Lipinski definition) is 0. The zero-order valence-electron chi connectivity index (χ0n) is 10.6. The summed E-state index contributed by atoms with van der Waals surface area (Å²) in [6, 6.07) is 6.21. The van der Waals surface area contributed by atoms with Crippen LogP contribution < -0.4 is 0 Å². The van der Waals surface area contributed by atoms with E-state index in [1.54, 1.807) is 0 Å². The molecular weight excluding hydrogens is 212 g/mol. The highest BCUT2D eigenvalue weighted by molar-refractivity contribution is 5.78. The molecule has 0 aliphatic heterocycles. The van der Waals surface area contributed by atoms with Gasteiger partial charge in [0.05, 0.1) is 22.6 Å². The van der Waals surface area contributed by atoms with Gasteiger partial charge in [-0.25, -0.2) is 4.68 Å². The van der Waals surface area contributed by atoms with Gasteiger partial charge >= 0.3 is 0 Å². The van der Waals surface area contributed by atoms with Crippen molar-refractivity contribution in [2.45, 2.75) is 27.7 Å². The van der Waals surface area contributed by atoms with Gasteiger partial charge in [0, 0.05) is 0 Å². The second kappa shape index (κ2) is 4.17. The molecule has 88 valence electrons. The van der Waals surface area contributed by atoms with E-state index in [9.17, 15) is 4.79 Å². The quantitative estimate of drug-likeness (QED) is 0.741. The van der Waals surface area contributed by atoms with E-state index in [4.69, 9.17) is 0 Å². The smallest absolute Gasteiger partial charge is 0.153 e. The van der Waals surface area contributed by atoms with Gasteiger partial charge in [0.2, 0.25) is 0 Å². The lowest BCUT2D eigenvalue weighted by molar-refractivity contribution is 0.112. The topological polar surface area (TPSA) is 34.9 Å². The van der Waals surface area contributed by atoms with Crippen LogP contribution >= 0.6 is 0 Å². The molecule has 0 radical (unpaired) electrons. The van der Waals surface area contributed by atoms with E-state index in [1.165, 1.54) is 5.56 Å². The SMILES string of the molecule is Cc1ccc(-n2nc(C)c(C=O)c2C)c(C)c1. The summed E-state index contributed by atoms with van der Waals surface area (Å²) in [5, 5.41) is 4.43. The van der Waals surface area contributed by atoms with Crippen molar-refractivity contribution in [1.29, 1.82) is 0 Å². The lowest BCUT2D eigenvalue weighted by Crippen LogP contribution is -2.02. The molecule has 0 aliphatic rings. The van der Waals surface area contributed by atoms with E-state index in [1.807, 2.05) is 24.6 Å². The predicted octanol–water partition coefficient (Wildman–Crippen LogP) is 2.92. The summed E-state index contributed by atoms with van der Waals surface area (Å²) in [4.78, 5) is 11.0. The molecule has 0 amide bonds. The van der Waals surface area contributed by atoms with Crippen LogP contribution in [0.3, 0.4) is 0 Å². The van der Waals surface area contributed by atoms with Crippen LogP contribution in [0.4, 0.5) is 0 Å². The summed E-state index contributed by atoms with van der Waals surface area (Å²) in [5.74, 6) is 0. The standard InChI is InChI=1S/C14H16N2O/c1-9-5-6-14(10(2)7-9)16-12(4)13(8-17)11(3)15-16/h5-8H,1-4H3. The number of carbonyl (C=O) groups is 1. The van der Waals surface area contributed by atoms with Crippen molar-refractivity contribution in [2.24, 2.45) is 0 Å². The van der Waals surface area contributed by atoms with Crippen LogP contribution in [0.5, 0.6) is 0 Å². The lowest BCUT2D eigenvalue weighted by Gasteiger charge is -2.08. The van der Waals surface area contributed by atoms with Crippen LogP contribution in [0.25, 0.3) is 5.69 Å². The molecule has 1 aromatic heterocycles. The minimum absolute atomic E-state index is 0.685. The maximum atomic E-state index is 11.0. The molecule has 17 heavy (non-hydrogen) atoms. The van der Waals surface area contributed by atoms with E-state index in [0.29, 0.717) is 5.56 Å². The molecule has 0 unspecified atom stereocenters. The van der Waals surface area contributed by atoms with Gasteiger partial charge in [0.1, 0.15) is 0 Å². The van der Waals surface area contributed by atoms with Crippen LogP contribution in [0.1, 0.15) is 32.9 Å². The van der Waals surface area contributed by atoms with Gasteiger partial charge < -0.3 is 0 Å². The number of benzene rings is 1. The van der Waals surface area contributed by atoms with Crippen LogP contribution in [0, 0.1) is 27.7 Å². The van der Waals surface area contributed by atoms with Crippen LogP contribution in [-0.4, -0.2) is 16.1 Å². The highest BCUT2D eigenvalue weighted by Crippen LogP contribution is 2.20. The third-order valence-corrected chi connectivity index (χ3v) is 3.05. The summed E-state index contributed by atoms with van der Waals surface area (Å²) >= 11 is 0. The second-order valence-corrected chi connectivity index (χ2v) is 4.40. The zero-order chi connectivity index (χ0) is 12.6. The molecule has 0 N–H and O–H groups in total. The average molecular weight is 228 g/mol. The number of hydrogen-bond acceptors (Lipinski definition) is 2. The molecule has 2 aromatic rings. The first kappa shape index (κ1) is 11.6. The Morgan fingerprint density at radius 1 is 1.18 bits per heavy atom. The van der Waals surface area contributed by atoms with E-state index >= 15 is 0 Å². The van der Waals surface area contributed by atoms with Crippen molar-refractivity contribution >= 4 is 6.29 Å².